The van der Waals surface area contributed by atoms with Crippen molar-refractivity contribution < 1.29 is 9.13 Å². The first-order chi connectivity index (χ1) is 8.20. The van der Waals surface area contributed by atoms with E-state index in [0.717, 1.165) is 0 Å². The summed E-state index contributed by atoms with van der Waals surface area (Å²) >= 11 is 5.57. The average Bonchev–Trinajstić information content (AvgIpc) is 2.29. The smallest absolute Gasteiger partial charge is 0.225 e. The molecule has 0 saturated heterocycles. The van der Waals surface area contributed by atoms with E-state index in [1.165, 1.54) is 30.5 Å². The molecule has 0 N–H and O–H groups in total. The van der Waals surface area contributed by atoms with E-state index in [0.29, 0.717) is 0 Å². The number of nitrogens with zero attached hydrogens (tertiary/aromatic N) is 3. The van der Waals surface area contributed by atoms with Crippen LogP contribution in [-0.4, -0.2) is 9.97 Å². The predicted molar refractivity (Wildman–Crippen MR) is 58.2 cm³/mol. The first kappa shape index (κ1) is 11.3. The van der Waals surface area contributed by atoms with Gasteiger partial charge in [0.25, 0.3) is 0 Å². The summed E-state index contributed by atoms with van der Waals surface area (Å²) in [5, 5.41) is 8.81. The van der Waals surface area contributed by atoms with Crippen molar-refractivity contribution in [2.75, 3.05) is 0 Å². The lowest BCUT2D eigenvalue weighted by atomic mass is 10.2. The van der Waals surface area contributed by atoms with Gasteiger partial charge in [-0.3, -0.25) is 0 Å². The molecule has 0 radical (unpaired) electrons. The summed E-state index contributed by atoms with van der Waals surface area (Å²) in [4.78, 5) is 7.45. The summed E-state index contributed by atoms with van der Waals surface area (Å²) in [6, 6.07) is 7.27. The summed E-state index contributed by atoms with van der Waals surface area (Å²) in [7, 11) is 0. The van der Waals surface area contributed by atoms with Crippen LogP contribution in [0.3, 0.4) is 0 Å². The Morgan fingerprint density at radius 3 is 2.88 bits per heavy atom. The molecule has 2 rings (SSSR count). The molecule has 84 valence electrons. The summed E-state index contributed by atoms with van der Waals surface area (Å²) in [6.07, 6.45) is 1.40. The fourth-order valence-corrected chi connectivity index (χ4v) is 1.33. The standard InChI is InChI=1S/C11H5ClFN3O/c12-11-15-5-4-10(16-11)17-9-3-1-2-8(13)7(9)6-14/h1-5H. The maximum absolute atomic E-state index is 13.3. The Bertz CT molecular complexity index is 598. The lowest BCUT2D eigenvalue weighted by molar-refractivity contribution is 0.455. The number of nitriles is 1. The Morgan fingerprint density at radius 2 is 2.18 bits per heavy atom. The number of halogens is 2. The van der Waals surface area contributed by atoms with Crippen LogP contribution in [0.25, 0.3) is 0 Å². The van der Waals surface area contributed by atoms with Crippen LogP contribution in [0.4, 0.5) is 4.39 Å². The Labute approximate surface area is 101 Å². The largest absolute Gasteiger partial charge is 0.437 e. The van der Waals surface area contributed by atoms with Crippen molar-refractivity contribution in [2.24, 2.45) is 0 Å². The molecular weight excluding hydrogens is 245 g/mol. The van der Waals surface area contributed by atoms with E-state index in [4.69, 9.17) is 21.6 Å². The molecule has 0 aliphatic rings. The molecule has 0 aliphatic carbocycles. The van der Waals surface area contributed by atoms with Gasteiger partial charge in [-0.15, -0.1) is 0 Å². The van der Waals surface area contributed by atoms with Crippen LogP contribution in [0.15, 0.2) is 30.5 Å². The minimum atomic E-state index is -0.648. The van der Waals surface area contributed by atoms with E-state index >= 15 is 0 Å². The van der Waals surface area contributed by atoms with Gasteiger partial charge < -0.3 is 4.74 Å². The highest BCUT2D eigenvalue weighted by Crippen LogP contribution is 2.25. The topological polar surface area (TPSA) is 58.8 Å². The van der Waals surface area contributed by atoms with Crippen molar-refractivity contribution in [2.45, 2.75) is 0 Å². The first-order valence-corrected chi connectivity index (χ1v) is 4.93. The van der Waals surface area contributed by atoms with Gasteiger partial charge in [0, 0.05) is 12.3 Å². The second kappa shape index (κ2) is 4.76. The quantitative estimate of drug-likeness (QED) is 0.768. The molecule has 4 nitrogen and oxygen atoms in total. The number of benzene rings is 1. The molecule has 1 heterocycles. The minimum Gasteiger partial charge on any atom is -0.437 e. The van der Waals surface area contributed by atoms with Crippen molar-refractivity contribution in [3.05, 3.63) is 47.1 Å². The highest BCUT2D eigenvalue weighted by atomic mass is 35.5. The zero-order chi connectivity index (χ0) is 12.3. The molecule has 0 aliphatic heterocycles. The molecule has 0 fully saturated rings. The molecule has 0 saturated carbocycles. The van der Waals surface area contributed by atoms with Crippen LogP contribution in [0, 0.1) is 17.1 Å². The maximum Gasteiger partial charge on any atom is 0.225 e. The molecule has 6 heteroatoms. The highest BCUT2D eigenvalue weighted by molar-refractivity contribution is 6.28. The molecule has 1 aromatic heterocycles. The van der Waals surface area contributed by atoms with Crippen LogP contribution < -0.4 is 4.74 Å². The first-order valence-electron chi connectivity index (χ1n) is 4.55. The zero-order valence-corrected chi connectivity index (χ0v) is 9.15. The zero-order valence-electron chi connectivity index (χ0n) is 8.39. The predicted octanol–water partition coefficient (Wildman–Crippen LogP) is 2.93. The minimum absolute atomic E-state index is 0.0115. The van der Waals surface area contributed by atoms with Gasteiger partial charge in [-0.1, -0.05) is 6.07 Å². The summed E-state index contributed by atoms with van der Waals surface area (Å²) in [5.41, 5.74) is -0.178. The third-order valence-corrected chi connectivity index (χ3v) is 2.08. The Hall–Kier alpha value is -2.19. The third kappa shape index (κ3) is 2.49. The molecular formula is C11H5ClFN3O. The van der Waals surface area contributed by atoms with Crippen molar-refractivity contribution in [1.82, 2.24) is 9.97 Å². The van der Waals surface area contributed by atoms with Crippen LogP contribution >= 0.6 is 11.6 Å². The van der Waals surface area contributed by atoms with Gasteiger partial charge in [-0.25, -0.2) is 9.37 Å². The van der Waals surface area contributed by atoms with Crippen LogP contribution in [0.5, 0.6) is 11.6 Å². The monoisotopic (exact) mass is 249 g/mol. The second-order valence-corrected chi connectivity index (χ2v) is 3.33. The average molecular weight is 250 g/mol. The van der Waals surface area contributed by atoms with E-state index in [1.807, 2.05) is 0 Å². The van der Waals surface area contributed by atoms with Gasteiger partial charge in [0.05, 0.1) is 0 Å². The van der Waals surface area contributed by atoms with E-state index in [2.05, 4.69) is 9.97 Å². The fraction of sp³-hybridized carbons (Fsp3) is 0. The molecule has 0 spiro atoms. The molecule has 0 atom stereocenters. The number of ether oxygens (including phenoxy) is 1. The SMILES string of the molecule is N#Cc1c(F)cccc1Oc1ccnc(Cl)n1. The lowest BCUT2D eigenvalue weighted by Gasteiger charge is -2.06. The van der Waals surface area contributed by atoms with Gasteiger partial charge in [0.2, 0.25) is 11.2 Å². The van der Waals surface area contributed by atoms with Gasteiger partial charge in [-0.05, 0) is 23.7 Å². The molecule has 17 heavy (non-hydrogen) atoms. The van der Waals surface area contributed by atoms with Gasteiger partial charge in [0.15, 0.2) is 0 Å². The third-order valence-electron chi connectivity index (χ3n) is 1.90. The molecule has 2 aromatic rings. The Morgan fingerprint density at radius 1 is 1.35 bits per heavy atom. The molecule has 1 aromatic carbocycles. The number of hydrogen-bond acceptors (Lipinski definition) is 4. The normalized spacial score (nSPS) is 9.71. The van der Waals surface area contributed by atoms with Crippen LogP contribution in [-0.2, 0) is 0 Å². The molecule has 0 bridgehead atoms. The summed E-state index contributed by atoms with van der Waals surface area (Å²) < 4.78 is 18.5. The van der Waals surface area contributed by atoms with Crippen molar-refractivity contribution >= 4 is 11.6 Å². The van der Waals surface area contributed by atoms with E-state index in [-0.39, 0.29) is 22.5 Å². The van der Waals surface area contributed by atoms with E-state index in [9.17, 15) is 4.39 Å². The molecule has 0 unspecified atom stereocenters. The lowest BCUT2D eigenvalue weighted by Crippen LogP contribution is -1.94. The second-order valence-electron chi connectivity index (χ2n) is 2.99. The van der Waals surface area contributed by atoms with Crippen molar-refractivity contribution in [3.8, 4) is 17.7 Å². The maximum atomic E-state index is 13.3. The summed E-state index contributed by atoms with van der Waals surface area (Å²) in [6.45, 7) is 0. The number of hydrogen-bond donors (Lipinski definition) is 0. The Balaban J connectivity index is 2.37. The van der Waals surface area contributed by atoms with Gasteiger partial charge in [0.1, 0.15) is 23.2 Å². The highest BCUT2D eigenvalue weighted by Gasteiger charge is 2.10. The van der Waals surface area contributed by atoms with Crippen LogP contribution in [0.1, 0.15) is 5.56 Å². The van der Waals surface area contributed by atoms with Crippen molar-refractivity contribution in [1.29, 1.82) is 5.26 Å². The van der Waals surface area contributed by atoms with Gasteiger partial charge >= 0.3 is 0 Å². The fourth-order valence-electron chi connectivity index (χ4n) is 1.19. The van der Waals surface area contributed by atoms with Crippen molar-refractivity contribution in [3.63, 3.8) is 0 Å². The van der Waals surface area contributed by atoms with E-state index in [1.54, 1.807) is 6.07 Å². The van der Waals surface area contributed by atoms with Gasteiger partial charge in [-0.2, -0.15) is 10.2 Å². The number of aromatic nitrogens is 2. The van der Waals surface area contributed by atoms with Crippen LogP contribution in [0.2, 0.25) is 5.28 Å². The number of rotatable bonds is 2. The summed E-state index contributed by atoms with van der Waals surface area (Å²) in [5.74, 6) is -0.417. The van der Waals surface area contributed by atoms with E-state index < -0.39 is 5.82 Å². The Kier molecular flexibility index (Phi) is 3.17. The molecule has 0 amide bonds.